The van der Waals surface area contributed by atoms with E-state index in [1.54, 1.807) is 47.3 Å². The molecule has 0 unspecified atom stereocenters. The van der Waals surface area contributed by atoms with Crippen molar-refractivity contribution < 1.29 is 27.5 Å². The minimum absolute atomic E-state index is 0.0221. The maximum atomic E-state index is 14.5. The molecule has 0 saturated carbocycles. The van der Waals surface area contributed by atoms with Gasteiger partial charge < -0.3 is 24.8 Å². The van der Waals surface area contributed by atoms with E-state index in [1.807, 2.05) is 29.2 Å². The van der Waals surface area contributed by atoms with Crippen molar-refractivity contribution in [3.8, 4) is 0 Å². The Morgan fingerprint density at radius 3 is 2.18 bits per heavy atom. The first-order valence-corrected chi connectivity index (χ1v) is 19.7. The Labute approximate surface area is 298 Å². The second-order valence-corrected chi connectivity index (χ2v) is 16.1. The molecule has 0 aliphatic carbocycles. The fraction of sp³-hybridized carbons (Fsp3) is 0.528. The van der Waals surface area contributed by atoms with Crippen molar-refractivity contribution in [2.75, 3.05) is 70.5 Å². The van der Waals surface area contributed by atoms with E-state index in [4.69, 9.17) is 4.74 Å². The molecule has 1 N–H and O–H groups in total. The lowest BCUT2D eigenvalue weighted by molar-refractivity contribution is -0.153. The van der Waals surface area contributed by atoms with E-state index in [9.17, 15) is 22.8 Å². The quantitative estimate of drug-likeness (QED) is 0.406. The van der Waals surface area contributed by atoms with Gasteiger partial charge in [0.2, 0.25) is 15.6 Å². The molecule has 15 heteroatoms. The molecule has 4 aliphatic heterocycles. The lowest BCUT2D eigenvalue weighted by atomic mass is 9.91. The normalized spacial score (nSPS) is 21.5. The summed E-state index contributed by atoms with van der Waals surface area (Å²) in [7, 11) is -3.21. The van der Waals surface area contributed by atoms with Crippen LogP contribution in [0.3, 0.4) is 0 Å². The first-order chi connectivity index (χ1) is 24.5. The summed E-state index contributed by atoms with van der Waals surface area (Å²) < 4.78 is 31.8. The van der Waals surface area contributed by atoms with Gasteiger partial charge in [-0.25, -0.2) is 18.0 Å². The minimum atomic E-state index is -3.21. The molecular weight excluding hydrogens is 673 g/mol. The van der Waals surface area contributed by atoms with Crippen molar-refractivity contribution in [2.24, 2.45) is 0 Å². The molecule has 3 fully saturated rings. The van der Waals surface area contributed by atoms with Crippen LogP contribution in [0, 0.1) is 0 Å². The molecule has 2 aromatic carbocycles. The van der Waals surface area contributed by atoms with Gasteiger partial charge in [-0.2, -0.15) is 4.31 Å². The zero-order chi connectivity index (χ0) is 35.8. The largest absolute Gasteiger partial charge is 0.428 e. The van der Waals surface area contributed by atoms with E-state index < -0.39 is 21.7 Å². The summed E-state index contributed by atoms with van der Waals surface area (Å²) in [5, 5.41) is 3.04. The molecular formula is C36H46N8O6S. The van der Waals surface area contributed by atoms with E-state index in [1.165, 1.54) is 10.6 Å². The minimum Gasteiger partial charge on any atom is -0.428 e. The summed E-state index contributed by atoms with van der Waals surface area (Å²) >= 11 is 0. The van der Waals surface area contributed by atoms with Crippen LogP contribution >= 0.6 is 0 Å². The number of amides is 4. The van der Waals surface area contributed by atoms with Gasteiger partial charge in [0.25, 0.3) is 5.91 Å². The van der Waals surface area contributed by atoms with Crippen LogP contribution in [0.5, 0.6) is 0 Å². The van der Waals surface area contributed by atoms with Crippen molar-refractivity contribution in [2.45, 2.75) is 56.7 Å². The van der Waals surface area contributed by atoms with Crippen LogP contribution in [0.1, 0.15) is 43.7 Å². The Morgan fingerprint density at radius 1 is 0.824 bits per heavy atom. The number of para-hydroxylation sites is 1. The van der Waals surface area contributed by atoms with Crippen LogP contribution in [0.15, 0.2) is 54.9 Å². The Kier molecular flexibility index (Phi) is 9.87. The van der Waals surface area contributed by atoms with Crippen LogP contribution in [0.4, 0.5) is 15.3 Å². The molecule has 1 aromatic heterocycles. The highest BCUT2D eigenvalue weighted by Gasteiger charge is 2.45. The zero-order valence-electron chi connectivity index (χ0n) is 29.2. The average Bonchev–Trinajstić information content (AvgIpc) is 3.32. The molecule has 3 aromatic rings. The van der Waals surface area contributed by atoms with Crippen LogP contribution < -0.4 is 5.32 Å². The maximum absolute atomic E-state index is 14.5. The number of urea groups is 1. The number of likely N-dealkylation sites (tertiary alicyclic amines) is 2. The van der Waals surface area contributed by atoms with E-state index in [2.05, 4.69) is 20.2 Å². The summed E-state index contributed by atoms with van der Waals surface area (Å²) in [6.45, 7) is 6.28. The highest BCUT2D eigenvalue weighted by atomic mass is 32.2. The number of rotatable bonds is 6. The lowest BCUT2D eigenvalue weighted by Gasteiger charge is -2.44. The van der Waals surface area contributed by atoms with Gasteiger partial charge in [-0.3, -0.25) is 19.7 Å². The Bertz CT molecular complexity index is 1890. The molecule has 4 aliphatic rings. The Balaban J connectivity index is 1.02. The SMILES string of the molecule is C[C@](OC(=O)N1CCC(N2CCc3ccccc3NC2=O)CC1)(C(=O)N1CCC(N2CCN(S(C)(=O)=O)CC2)CC1)c1ccc2nccnc2c1. The third-order valence-corrected chi connectivity index (χ3v) is 12.3. The van der Waals surface area contributed by atoms with Gasteiger partial charge >= 0.3 is 12.1 Å². The highest BCUT2D eigenvalue weighted by Crippen LogP contribution is 2.33. The summed E-state index contributed by atoms with van der Waals surface area (Å²) in [6, 6.07) is 13.3. The summed E-state index contributed by atoms with van der Waals surface area (Å²) in [4.78, 5) is 57.9. The Hall–Kier alpha value is -4.34. The number of nitrogens with one attached hydrogen (secondary N) is 1. The van der Waals surface area contributed by atoms with Crippen molar-refractivity contribution >= 4 is 44.8 Å². The van der Waals surface area contributed by atoms with Gasteiger partial charge in [-0.15, -0.1) is 0 Å². The van der Waals surface area contributed by atoms with Gasteiger partial charge in [-0.1, -0.05) is 24.3 Å². The molecule has 5 heterocycles. The average molecular weight is 719 g/mol. The second-order valence-electron chi connectivity index (χ2n) is 14.1. The predicted molar refractivity (Wildman–Crippen MR) is 191 cm³/mol. The maximum Gasteiger partial charge on any atom is 0.411 e. The topological polar surface area (TPSA) is 149 Å². The molecule has 3 saturated heterocycles. The summed E-state index contributed by atoms with van der Waals surface area (Å²) in [5.74, 6) is -0.296. The number of carbonyl (C=O) groups is 3. The summed E-state index contributed by atoms with van der Waals surface area (Å²) in [6.07, 6.45) is 7.29. The van der Waals surface area contributed by atoms with Gasteiger partial charge in [0.15, 0.2) is 0 Å². The number of ether oxygens (including phenoxy) is 1. The first-order valence-electron chi connectivity index (χ1n) is 17.8. The number of anilines is 1. The van der Waals surface area contributed by atoms with Crippen molar-refractivity contribution in [1.82, 2.24) is 33.9 Å². The highest BCUT2D eigenvalue weighted by molar-refractivity contribution is 7.88. The Morgan fingerprint density at radius 2 is 1.47 bits per heavy atom. The molecule has 0 bridgehead atoms. The standard InChI is InChI=1S/C36H46N8O6S/c1-36(27-7-8-31-32(25-27)38-15-14-37-31,33(45)41-16-10-28(11-17-41)40-21-23-43(24-22-40)51(2,48)49)50-35(47)42-18-12-29(13-19-42)44-20-9-26-5-3-4-6-30(26)39-34(44)46/h3-8,14-15,25,28-29H,9-13,16-24H2,1-2H3,(H,39,46)/t36-/m1/s1. The van der Waals surface area contributed by atoms with Gasteiger partial charge in [-0.05, 0) is 62.8 Å². The fourth-order valence-electron chi connectivity index (χ4n) is 7.96. The number of piperazine rings is 1. The number of fused-ring (bicyclic) bond motifs is 2. The molecule has 0 radical (unpaired) electrons. The van der Waals surface area contributed by atoms with Gasteiger partial charge in [0.05, 0.1) is 17.3 Å². The van der Waals surface area contributed by atoms with Gasteiger partial charge in [0, 0.05) is 94.6 Å². The fourth-order valence-corrected chi connectivity index (χ4v) is 8.79. The zero-order valence-corrected chi connectivity index (χ0v) is 30.1. The summed E-state index contributed by atoms with van der Waals surface area (Å²) in [5.41, 5.74) is 2.10. The number of piperidine rings is 2. The number of hydrogen-bond donors (Lipinski definition) is 1. The first kappa shape index (κ1) is 35.1. The van der Waals surface area contributed by atoms with Crippen LogP contribution in [0.2, 0.25) is 0 Å². The van der Waals surface area contributed by atoms with Crippen molar-refractivity contribution in [3.05, 3.63) is 66.0 Å². The molecule has 14 nitrogen and oxygen atoms in total. The predicted octanol–water partition coefficient (Wildman–Crippen LogP) is 3.10. The number of hydrogen-bond acceptors (Lipinski definition) is 9. The van der Waals surface area contributed by atoms with E-state index in [0.717, 1.165) is 30.5 Å². The number of aromatic nitrogens is 2. The molecule has 0 spiro atoms. The number of benzene rings is 2. The molecule has 7 rings (SSSR count). The molecule has 1 atom stereocenters. The molecule has 4 amide bonds. The number of nitrogens with zero attached hydrogens (tertiary/aromatic N) is 7. The lowest BCUT2D eigenvalue weighted by Crippen LogP contribution is -2.57. The van der Waals surface area contributed by atoms with Crippen molar-refractivity contribution in [3.63, 3.8) is 0 Å². The second kappa shape index (κ2) is 14.4. The molecule has 51 heavy (non-hydrogen) atoms. The van der Waals surface area contributed by atoms with E-state index in [-0.39, 0.29) is 24.0 Å². The third kappa shape index (κ3) is 7.37. The molecule has 272 valence electrons. The number of sulfonamides is 1. The van der Waals surface area contributed by atoms with E-state index in [0.29, 0.717) is 88.3 Å². The van der Waals surface area contributed by atoms with Crippen LogP contribution in [0.25, 0.3) is 11.0 Å². The van der Waals surface area contributed by atoms with Crippen molar-refractivity contribution in [1.29, 1.82) is 0 Å². The van der Waals surface area contributed by atoms with E-state index >= 15 is 0 Å². The van der Waals surface area contributed by atoms with Gasteiger partial charge in [0.1, 0.15) is 0 Å². The smallest absolute Gasteiger partial charge is 0.411 e. The van der Waals surface area contributed by atoms with Crippen LogP contribution in [-0.2, 0) is 31.6 Å². The van der Waals surface area contributed by atoms with Crippen LogP contribution in [-0.4, -0.2) is 138 Å². The number of carbonyl (C=O) groups excluding carboxylic acids is 3. The third-order valence-electron chi connectivity index (χ3n) is 11.0. The monoisotopic (exact) mass is 718 g/mol.